The summed E-state index contributed by atoms with van der Waals surface area (Å²) in [4.78, 5) is 51.0. The minimum absolute atomic E-state index is 0.0415. The van der Waals surface area contributed by atoms with Gasteiger partial charge in [-0.2, -0.15) is 0 Å². The molecule has 0 aromatic rings. The van der Waals surface area contributed by atoms with E-state index in [2.05, 4.69) is 69.4 Å². The van der Waals surface area contributed by atoms with Crippen LogP contribution < -0.4 is 0 Å². The molecule has 73 heavy (non-hydrogen) atoms. The molecule has 0 spiro atoms. The summed E-state index contributed by atoms with van der Waals surface area (Å²) in [5.41, 5.74) is 0. The lowest BCUT2D eigenvalue weighted by Crippen LogP contribution is -2.61. The number of carbonyl (C=O) groups excluding carboxylic acids is 3. The van der Waals surface area contributed by atoms with Crippen LogP contribution in [-0.4, -0.2) is 89.2 Å². The zero-order valence-electron chi connectivity index (χ0n) is 46.4. The molecule has 0 aliphatic carbocycles. The number of carboxylic acids is 1. The Morgan fingerprint density at radius 1 is 0.466 bits per heavy atom. The molecule has 1 aliphatic heterocycles. The van der Waals surface area contributed by atoms with E-state index in [-0.39, 0.29) is 25.9 Å². The summed E-state index contributed by atoms with van der Waals surface area (Å²) in [5.74, 6) is -3.14. The number of hydrogen-bond acceptors (Lipinski definition) is 11. The molecule has 1 heterocycles. The smallest absolute Gasteiger partial charge is 0.335 e. The highest BCUT2D eigenvalue weighted by Gasteiger charge is 2.50. The Balaban J connectivity index is 2.67. The van der Waals surface area contributed by atoms with E-state index in [0.29, 0.717) is 19.3 Å². The van der Waals surface area contributed by atoms with Crippen molar-refractivity contribution < 1.29 is 58.2 Å². The third-order valence-corrected chi connectivity index (χ3v) is 13.4. The predicted molar refractivity (Wildman–Crippen MR) is 294 cm³/mol. The van der Waals surface area contributed by atoms with Gasteiger partial charge in [0.25, 0.3) is 0 Å². The largest absolute Gasteiger partial charge is 0.479 e. The van der Waals surface area contributed by atoms with Gasteiger partial charge in [-0.3, -0.25) is 14.4 Å². The van der Waals surface area contributed by atoms with Crippen molar-refractivity contribution >= 4 is 23.9 Å². The second-order valence-electron chi connectivity index (χ2n) is 20.3. The van der Waals surface area contributed by atoms with E-state index in [4.69, 9.17) is 23.7 Å². The van der Waals surface area contributed by atoms with Gasteiger partial charge >= 0.3 is 23.9 Å². The Morgan fingerprint density at radius 2 is 0.877 bits per heavy atom. The minimum atomic E-state index is -1.91. The SMILES string of the molecule is CC/C=C\C/C=C\C/C=C\CCCCCCCC(=O)OC1C(OCC(COC(=O)CCCCCCCCCCCCCCCCCCC)OC(=O)CCCCCCC/C=C\CCCC)OC(C(=O)O)C(O)C1O. The number of allylic oxidation sites excluding steroid dienone is 8. The lowest BCUT2D eigenvalue weighted by atomic mass is 9.98. The topological polar surface area (TPSA) is 175 Å². The van der Waals surface area contributed by atoms with Crippen LogP contribution in [0.3, 0.4) is 0 Å². The maximum atomic E-state index is 13.1. The summed E-state index contributed by atoms with van der Waals surface area (Å²) < 4.78 is 28.4. The molecule has 12 nitrogen and oxygen atoms in total. The maximum absolute atomic E-state index is 13.1. The van der Waals surface area contributed by atoms with Crippen molar-refractivity contribution in [1.82, 2.24) is 0 Å². The number of rotatable bonds is 50. The van der Waals surface area contributed by atoms with Crippen molar-refractivity contribution in [3.63, 3.8) is 0 Å². The van der Waals surface area contributed by atoms with Crippen LogP contribution in [0.5, 0.6) is 0 Å². The van der Waals surface area contributed by atoms with Crippen molar-refractivity contribution in [1.29, 1.82) is 0 Å². The van der Waals surface area contributed by atoms with Crippen LogP contribution in [0.25, 0.3) is 0 Å². The first-order chi connectivity index (χ1) is 35.6. The molecule has 6 atom stereocenters. The predicted octanol–water partition coefficient (Wildman–Crippen LogP) is 15.0. The molecular formula is C61H106O12. The van der Waals surface area contributed by atoms with Crippen molar-refractivity contribution in [3.8, 4) is 0 Å². The Kier molecular flexibility index (Phi) is 45.9. The number of aliphatic carboxylic acids is 1. The summed E-state index contributed by atoms with van der Waals surface area (Å²) in [7, 11) is 0. The number of ether oxygens (including phenoxy) is 5. The van der Waals surface area contributed by atoms with Crippen molar-refractivity contribution in [3.05, 3.63) is 48.6 Å². The average molecular weight is 1030 g/mol. The van der Waals surface area contributed by atoms with Crippen molar-refractivity contribution in [2.24, 2.45) is 0 Å². The van der Waals surface area contributed by atoms with E-state index in [1.165, 1.54) is 96.3 Å². The number of aliphatic hydroxyl groups excluding tert-OH is 2. The van der Waals surface area contributed by atoms with E-state index >= 15 is 0 Å². The number of hydrogen-bond donors (Lipinski definition) is 3. The van der Waals surface area contributed by atoms with Crippen LogP contribution in [-0.2, 0) is 42.9 Å². The van der Waals surface area contributed by atoms with Crippen LogP contribution in [0.4, 0.5) is 0 Å². The highest BCUT2D eigenvalue weighted by molar-refractivity contribution is 5.74. The maximum Gasteiger partial charge on any atom is 0.335 e. The van der Waals surface area contributed by atoms with Gasteiger partial charge in [0.2, 0.25) is 0 Å². The fourth-order valence-corrected chi connectivity index (χ4v) is 8.83. The Morgan fingerprint density at radius 3 is 1.37 bits per heavy atom. The second kappa shape index (κ2) is 49.6. The van der Waals surface area contributed by atoms with Gasteiger partial charge in [0.15, 0.2) is 24.6 Å². The molecule has 0 amide bonds. The zero-order valence-corrected chi connectivity index (χ0v) is 46.4. The molecule has 6 unspecified atom stereocenters. The van der Waals surface area contributed by atoms with Crippen molar-refractivity contribution in [2.45, 2.75) is 302 Å². The summed E-state index contributed by atoms with van der Waals surface area (Å²) in [6, 6.07) is 0. The van der Waals surface area contributed by atoms with E-state index in [1.54, 1.807) is 0 Å². The molecule has 1 fully saturated rings. The lowest BCUT2D eigenvalue weighted by molar-refractivity contribution is -0.301. The number of aliphatic hydroxyl groups is 2. The molecule has 0 aromatic carbocycles. The van der Waals surface area contributed by atoms with Gasteiger partial charge in [-0.25, -0.2) is 4.79 Å². The lowest BCUT2D eigenvalue weighted by Gasteiger charge is -2.40. The Bertz CT molecular complexity index is 1460. The molecule has 0 aromatic heterocycles. The number of carboxylic acid groups (broad SMARTS) is 1. The third-order valence-electron chi connectivity index (χ3n) is 13.4. The molecule has 0 bridgehead atoms. The first-order valence-corrected chi connectivity index (χ1v) is 29.6. The second-order valence-corrected chi connectivity index (χ2v) is 20.3. The number of unbranched alkanes of at least 4 members (excludes halogenated alkanes) is 28. The van der Waals surface area contributed by atoms with Gasteiger partial charge in [-0.1, -0.05) is 223 Å². The highest BCUT2D eigenvalue weighted by Crippen LogP contribution is 2.26. The Hall–Kier alpha value is -3.32. The van der Waals surface area contributed by atoms with Crippen LogP contribution in [0, 0.1) is 0 Å². The van der Waals surface area contributed by atoms with Crippen LogP contribution in [0.1, 0.15) is 265 Å². The van der Waals surface area contributed by atoms with Gasteiger partial charge in [0, 0.05) is 19.3 Å². The van der Waals surface area contributed by atoms with E-state index in [9.17, 15) is 34.5 Å². The summed E-state index contributed by atoms with van der Waals surface area (Å²) in [5, 5.41) is 31.4. The number of esters is 3. The normalized spacial score (nSPS) is 18.6. The quantitative estimate of drug-likeness (QED) is 0.0228. The molecule has 0 saturated carbocycles. The Labute approximate surface area is 443 Å². The number of carbonyl (C=O) groups is 4. The summed E-state index contributed by atoms with van der Waals surface area (Å²) >= 11 is 0. The first kappa shape index (κ1) is 67.7. The van der Waals surface area contributed by atoms with Crippen molar-refractivity contribution in [2.75, 3.05) is 13.2 Å². The average Bonchev–Trinajstić information content (AvgIpc) is 3.37. The standard InChI is InChI=1S/C61H106O12/c1-4-7-10-13-16-19-22-24-26-27-29-30-33-35-38-41-44-47-53(62)69-50-52(71-54(63)48-45-42-39-36-32-21-18-15-12-9-6-3)51-70-61-59(57(66)56(65)58(73-61)60(67)68)72-55(64)49-46-43-40-37-34-31-28-25-23-20-17-14-11-8-5-2/h8,11,15,17-18,20,25,28,52,56-59,61,65-66H,4-7,9-10,12-14,16,19,21-24,26-27,29-51H2,1-3H3,(H,67,68)/b11-8-,18-15-,20-17-,28-25-. The van der Waals surface area contributed by atoms with Gasteiger partial charge in [-0.15, -0.1) is 0 Å². The molecule has 422 valence electrons. The summed E-state index contributed by atoms with van der Waals surface area (Å²) in [6.07, 6.45) is 46.6. The molecule has 1 saturated heterocycles. The first-order valence-electron chi connectivity index (χ1n) is 29.6. The highest BCUT2D eigenvalue weighted by atomic mass is 16.7. The molecule has 1 aliphatic rings. The molecule has 12 heteroatoms. The molecule has 3 N–H and O–H groups in total. The van der Waals surface area contributed by atoms with Gasteiger partial charge in [0.05, 0.1) is 6.61 Å². The van der Waals surface area contributed by atoms with Crippen LogP contribution in [0.2, 0.25) is 0 Å². The van der Waals surface area contributed by atoms with E-state index in [1.807, 2.05) is 0 Å². The minimum Gasteiger partial charge on any atom is -0.479 e. The van der Waals surface area contributed by atoms with Crippen LogP contribution in [0.15, 0.2) is 48.6 Å². The van der Waals surface area contributed by atoms with E-state index in [0.717, 1.165) is 109 Å². The fourth-order valence-electron chi connectivity index (χ4n) is 8.83. The summed E-state index contributed by atoms with van der Waals surface area (Å²) in [6.45, 7) is 5.84. The molecule has 1 rings (SSSR count). The van der Waals surface area contributed by atoms with Gasteiger partial charge in [-0.05, 0) is 70.6 Å². The fraction of sp³-hybridized carbons (Fsp3) is 0.803. The third kappa shape index (κ3) is 39.7. The monoisotopic (exact) mass is 1030 g/mol. The molecule has 0 radical (unpaired) electrons. The van der Waals surface area contributed by atoms with Gasteiger partial charge < -0.3 is 39.0 Å². The van der Waals surface area contributed by atoms with E-state index < -0.39 is 67.3 Å². The van der Waals surface area contributed by atoms with Gasteiger partial charge in [0.1, 0.15) is 18.8 Å². The van der Waals surface area contributed by atoms with Crippen LogP contribution >= 0.6 is 0 Å². The zero-order chi connectivity index (χ0) is 53.3. The molecular weight excluding hydrogens is 925 g/mol.